The fourth-order valence-corrected chi connectivity index (χ4v) is 2.24. The summed E-state index contributed by atoms with van der Waals surface area (Å²) in [6.07, 6.45) is -3.14. The number of fused-ring (bicyclic) bond motifs is 1. The molecule has 0 bridgehead atoms. The summed E-state index contributed by atoms with van der Waals surface area (Å²) in [6.45, 7) is 1.93. The molecule has 0 aliphatic heterocycles. The van der Waals surface area contributed by atoms with Crippen molar-refractivity contribution in [2.75, 3.05) is 0 Å². The Labute approximate surface area is 125 Å². The summed E-state index contributed by atoms with van der Waals surface area (Å²) in [5, 5.41) is 0.373. The Morgan fingerprint density at radius 1 is 1.35 bits per heavy atom. The zero-order valence-corrected chi connectivity index (χ0v) is 12.3. The molecule has 2 aromatic rings. The highest BCUT2D eigenvalue weighted by Gasteiger charge is 2.33. The van der Waals surface area contributed by atoms with Gasteiger partial charge < -0.3 is 10.7 Å². The van der Waals surface area contributed by atoms with Crippen molar-refractivity contribution in [2.24, 2.45) is 5.73 Å². The van der Waals surface area contributed by atoms with Crippen molar-refractivity contribution in [1.82, 2.24) is 4.98 Å². The molecule has 1 unspecified atom stereocenters. The second-order valence-corrected chi connectivity index (χ2v) is 4.96. The lowest BCUT2D eigenvalue weighted by Gasteiger charge is -2.08. The van der Waals surface area contributed by atoms with Gasteiger partial charge in [0.2, 0.25) is 0 Å². The van der Waals surface area contributed by atoms with E-state index in [1.54, 1.807) is 0 Å². The van der Waals surface area contributed by atoms with Crippen LogP contribution in [0.5, 0.6) is 0 Å². The number of benzene rings is 1. The summed E-state index contributed by atoms with van der Waals surface area (Å²) in [6, 6.07) is 3.66. The monoisotopic (exact) mass is 326 g/mol. The summed E-state index contributed by atoms with van der Waals surface area (Å²) in [5.74, 6) is 0. The lowest BCUT2D eigenvalue weighted by Crippen LogP contribution is -2.21. The van der Waals surface area contributed by atoms with Crippen molar-refractivity contribution in [3.63, 3.8) is 0 Å². The number of H-pyrrole nitrogens is 1. The lowest BCUT2D eigenvalue weighted by atomic mass is 10.1. The maximum atomic E-state index is 12.9. The first kappa shape index (κ1) is 17.1. The summed E-state index contributed by atoms with van der Waals surface area (Å²) in [4.78, 5) is 2.93. The Bertz CT molecular complexity index is 593. The average molecular weight is 327 g/mol. The van der Waals surface area contributed by atoms with Crippen molar-refractivity contribution in [3.8, 4) is 0 Å². The summed E-state index contributed by atoms with van der Waals surface area (Å²) >= 11 is 5.93. The quantitative estimate of drug-likeness (QED) is 0.854. The van der Waals surface area contributed by atoms with E-state index in [2.05, 4.69) is 4.98 Å². The van der Waals surface area contributed by atoms with E-state index in [-0.39, 0.29) is 28.9 Å². The highest BCUT2D eigenvalue weighted by atomic mass is 35.5. The number of hydrogen-bond donors (Lipinski definition) is 2. The summed E-state index contributed by atoms with van der Waals surface area (Å²) in [7, 11) is 0. The number of halogens is 5. The second kappa shape index (κ2) is 6.24. The molecule has 3 N–H and O–H groups in total. The molecule has 0 aliphatic carbocycles. The van der Waals surface area contributed by atoms with Crippen LogP contribution in [0.4, 0.5) is 13.2 Å². The molecule has 0 saturated carbocycles. The van der Waals surface area contributed by atoms with Gasteiger partial charge in [-0.2, -0.15) is 13.2 Å². The van der Waals surface area contributed by atoms with Gasteiger partial charge >= 0.3 is 6.18 Å². The third-order valence-electron chi connectivity index (χ3n) is 3.11. The van der Waals surface area contributed by atoms with E-state index >= 15 is 0 Å². The van der Waals surface area contributed by atoms with Gasteiger partial charge in [-0.25, -0.2) is 0 Å². The Morgan fingerprint density at radius 2 is 2.00 bits per heavy atom. The highest BCUT2D eigenvalue weighted by Crippen LogP contribution is 2.37. The number of aromatic nitrogens is 1. The van der Waals surface area contributed by atoms with E-state index in [0.717, 1.165) is 12.5 Å². The molecule has 0 spiro atoms. The molecule has 1 aromatic carbocycles. The van der Waals surface area contributed by atoms with E-state index < -0.39 is 11.7 Å². The predicted molar refractivity (Wildman–Crippen MR) is 77.5 cm³/mol. The van der Waals surface area contributed by atoms with Crippen LogP contribution in [0, 0.1) is 0 Å². The Kier molecular flexibility index (Phi) is 5.35. The molecule has 0 aliphatic rings. The Hall–Kier alpha value is -0.910. The number of hydrogen-bond acceptors (Lipinski definition) is 1. The standard InChI is InChI=1S/C13H14ClF3N2.ClH/c1-2-7(18)5-8-6-9-10(13(15,16)17)3-4-11(14)12(9)19-8;/h3-4,6-7,19H,2,5,18H2,1H3;1H. The highest BCUT2D eigenvalue weighted by molar-refractivity contribution is 6.35. The number of rotatable bonds is 3. The minimum Gasteiger partial charge on any atom is -0.357 e. The van der Waals surface area contributed by atoms with Crippen molar-refractivity contribution in [3.05, 3.63) is 34.5 Å². The van der Waals surface area contributed by atoms with Crippen molar-refractivity contribution in [1.29, 1.82) is 0 Å². The molecule has 1 aromatic heterocycles. The van der Waals surface area contributed by atoms with E-state index in [1.165, 1.54) is 12.1 Å². The first-order valence-corrected chi connectivity index (χ1v) is 6.33. The topological polar surface area (TPSA) is 41.8 Å². The van der Waals surface area contributed by atoms with Gasteiger partial charge in [-0.15, -0.1) is 12.4 Å². The van der Waals surface area contributed by atoms with Gasteiger partial charge in [-0.05, 0) is 24.6 Å². The second-order valence-electron chi connectivity index (χ2n) is 4.55. The molecule has 0 radical (unpaired) electrons. The minimum atomic E-state index is -4.39. The molecule has 1 atom stereocenters. The van der Waals surface area contributed by atoms with E-state index in [4.69, 9.17) is 17.3 Å². The smallest absolute Gasteiger partial charge is 0.357 e. The maximum absolute atomic E-state index is 12.9. The van der Waals surface area contributed by atoms with Crippen LogP contribution in [0.2, 0.25) is 5.02 Å². The Balaban J connectivity index is 0.00000200. The van der Waals surface area contributed by atoms with Crippen molar-refractivity contribution >= 4 is 34.9 Å². The number of alkyl halides is 3. The van der Waals surface area contributed by atoms with E-state index in [0.29, 0.717) is 17.6 Å². The number of nitrogens with one attached hydrogen (secondary N) is 1. The Morgan fingerprint density at radius 3 is 2.55 bits per heavy atom. The van der Waals surface area contributed by atoms with Crippen LogP contribution in [0.15, 0.2) is 18.2 Å². The molecule has 0 amide bonds. The van der Waals surface area contributed by atoms with Crippen LogP contribution in [0.1, 0.15) is 24.6 Å². The maximum Gasteiger partial charge on any atom is 0.417 e. The van der Waals surface area contributed by atoms with Gasteiger partial charge in [-0.1, -0.05) is 18.5 Å². The molecule has 2 rings (SSSR count). The van der Waals surface area contributed by atoms with Crippen molar-refractivity contribution in [2.45, 2.75) is 32.0 Å². The third-order valence-corrected chi connectivity index (χ3v) is 3.43. The fourth-order valence-electron chi connectivity index (χ4n) is 2.02. The zero-order chi connectivity index (χ0) is 14.2. The first-order chi connectivity index (χ1) is 8.82. The zero-order valence-electron chi connectivity index (χ0n) is 10.7. The van der Waals surface area contributed by atoms with Gasteiger partial charge in [0.05, 0.1) is 16.1 Å². The van der Waals surface area contributed by atoms with Crippen LogP contribution in [-0.2, 0) is 12.6 Å². The molecule has 0 saturated heterocycles. The largest absolute Gasteiger partial charge is 0.417 e. The van der Waals surface area contributed by atoms with Gasteiger partial charge in [0.15, 0.2) is 0 Å². The van der Waals surface area contributed by atoms with E-state index in [9.17, 15) is 13.2 Å². The predicted octanol–water partition coefficient (Wildman–Crippen LogP) is 4.54. The summed E-state index contributed by atoms with van der Waals surface area (Å²) < 4.78 is 38.7. The van der Waals surface area contributed by atoms with E-state index in [1.807, 2.05) is 6.92 Å². The number of aromatic amines is 1. The minimum absolute atomic E-state index is 0. The van der Waals surface area contributed by atoms with Gasteiger partial charge in [0.1, 0.15) is 0 Å². The molecular formula is C13H15Cl2F3N2. The fraction of sp³-hybridized carbons (Fsp3) is 0.385. The molecule has 0 fully saturated rings. The van der Waals surface area contributed by atoms with Crippen molar-refractivity contribution < 1.29 is 13.2 Å². The molecular weight excluding hydrogens is 312 g/mol. The van der Waals surface area contributed by atoms with Crippen LogP contribution < -0.4 is 5.73 Å². The van der Waals surface area contributed by atoms with Gasteiger partial charge in [-0.3, -0.25) is 0 Å². The first-order valence-electron chi connectivity index (χ1n) is 5.95. The van der Waals surface area contributed by atoms with Crippen LogP contribution in [0.25, 0.3) is 10.9 Å². The molecule has 20 heavy (non-hydrogen) atoms. The van der Waals surface area contributed by atoms with Crippen LogP contribution >= 0.6 is 24.0 Å². The van der Waals surface area contributed by atoms with Crippen LogP contribution in [0.3, 0.4) is 0 Å². The van der Waals surface area contributed by atoms with Gasteiger partial charge in [0.25, 0.3) is 0 Å². The molecule has 1 heterocycles. The molecule has 2 nitrogen and oxygen atoms in total. The SMILES string of the molecule is CCC(N)Cc1cc2c(C(F)(F)F)ccc(Cl)c2[nH]1.Cl. The number of nitrogens with two attached hydrogens (primary N) is 1. The molecule has 112 valence electrons. The van der Waals surface area contributed by atoms with Gasteiger partial charge in [0, 0.05) is 23.5 Å². The lowest BCUT2D eigenvalue weighted by molar-refractivity contribution is -0.136. The third kappa shape index (κ3) is 3.40. The summed E-state index contributed by atoms with van der Waals surface area (Å²) in [5.41, 5.74) is 6.12. The van der Waals surface area contributed by atoms with Crippen LogP contribution in [-0.4, -0.2) is 11.0 Å². The molecule has 7 heteroatoms. The normalized spacial score (nSPS) is 13.3. The average Bonchev–Trinajstić information content (AvgIpc) is 2.71.